The third-order valence-electron chi connectivity index (χ3n) is 1.35. The fraction of sp³-hybridized carbons (Fsp3) is 0.143. The smallest absolute Gasteiger partial charge is 0.168 e. The van der Waals surface area contributed by atoms with E-state index in [4.69, 9.17) is 37.9 Å². The van der Waals surface area contributed by atoms with Crippen molar-refractivity contribution in [3.63, 3.8) is 0 Å². The Morgan fingerprint density at radius 2 is 1.57 bits per heavy atom. The van der Waals surface area contributed by atoms with Gasteiger partial charge < -0.3 is 0 Å². The number of alkyl halides is 2. The van der Waals surface area contributed by atoms with E-state index in [1.54, 1.807) is 18.2 Å². The minimum absolute atomic E-state index is 0.296. The maximum Gasteiger partial charge on any atom is 0.570 e. The predicted molar refractivity (Wildman–Crippen MR) is 54.5 cm³/mol. The van der Waals surface area contributed by atoms with Crippen molar-refractivity contribution in [2.75, 3.05) is 0 Å². The zero-order valence-electron chi connectivity index (χ0n) is 6.84. The lowest BCUT2D eigenvalue weighted by molar-refractivity contribution is 0.124. The summed E-state index contributed by atoms with van der Waals surface area (Å²) >= 11 is 11.3. The standard InChI is InChI=1S/C7H8Cl2O4P/c8-7(9,13-14(10,11)12)6-4-2-1-3-5-6/h1-5,10-12H/q+1. The number of halogens is 2. The van der Waals surface area contributed by atoms with Crippen LogP contribution in [0.25, 0.3) is 0 Å². The van der Waals surface area contributed by atoms with Crippen LogP contribution in [0.15, 0.2) is 30.3 Å². The van der Waals surface area contributed by atoms with Crippen molar-refractivity contribution in [3.05, 3.63) is 35.9 Å². The van der Waals surface area contributed by atoms with Crippen LogP contribution in [0.4, 0.5) is 0 Å². The van der Waals surface area contributed by atoms with Crippen LogP contribution >= 0.6 is 31.4 Å². The van der Waals surface area contributed by atoms with E-state index in [9.17, 15) is 0 Å². The molecule has 0 saturated heterocycles. The topological polar surface area (TPSA) is 69.9 Å². The van der Waals surface area contributed by atoms with Gasteiger partial charge in [-0.3, -0.25) is 0 Å². The maximum atomic E-state index is 8.65. The molecule has 4 nitrogen and oxygen atoms in total. The minimum Gasteiger partial charge on any atom is -0.168 e. The zero-order valence-corrected chi connectivity index (χ0v) is 9.25. The van der Waals surface area contributed by atoms with E-state index in [2.05, 4.69) is 4.52 Å². The molecular formula is C7H8Cl2O4P+. The highest BCUT2D eigenvalue weighted by atomic mass is 35.5. The molecule has 1 aromatic carbocycles. The van der Waals surface area contributed by atoms with Gasteiger partial charge in [-0.2, -0.15) is 14.7 Å². The van der Waals surface area contributed by atoms with Crippen molar-refractivity contribution in [2.24, 2.45) is 0 Å². The normalized spacial score (nSPS) is 12.9. The molecule has 0 fully saturated rings. The van der Waals surface area contributed by atoms with E-state index in [1.807, 2.05) is 0 Å². The molecule has 0 atom stereocenters. The van der Waals surface area contributed by atoms with Crippen LogP contribution in [0.1, 0.15) is 5.56 Å². The Morgan fingerprint density at radius 3 is 2.00 bits per heavy atom. The summed E-state index contributed by atoms with van der Waals surface area (Å²) in [5, 5.41) is 0. The van der Waals surface area contributed by atoms with Gasteiger partial charge in [-0.25, -0.2) is 0 Å². The Kier molecular flexibility index (Phi) is 3.72. The Morgan fingerprint density at radius 1 is 1.07 bits per heavy atom. The van der Waals surface area contributed by atoms with Crippen molar-refractivity contribution in [1.29, 1.82) is 0 Å². The maximum absolute atomic E-state index is 8.65. The molecule has 0 radical (unpaired) electrons. The van der Waals surface area contributed by atoms with Gasteiger partial charge in [0.15, 0.2) is 0 Å². The molecule has 0 aliphatic heterocycles. The molecule has 0 aliphatic rings. The Bertz CT molecular complexity index is 298. The molecule has 0 spiro atoms. The van der Waals surface area contributed by atoms with Gasteiger partial charge >= 0.3 is 8.17 Å². The molecule has 1 rings (SSSR count). The number of rotatable bonds is 3. The third kappa shape index (κ3) is 3.67. The molecule has 1 aromatic rings. The fourth-order valence-electron chi connectivity index (χ4n) is 0.839. The lowest BCUT2D eigenvalue weighted by Crippen LogP contribution is -2.15. The van der Waals surface area contributed by atoms with Crippen molar-refractivity contribution in [2.45, 2.75) is 4.52 Å². The van der Waals surface area contributed by atoms with Crippen molar-refractivity contribution >= 4 is 31.4 Å². The molecule has 7 heteroatoms. The van der Waals surface area contributed by atoms with E-state index in [1.165, 1.54) is 12.1 Å². The second-order valence-electron chi connectivity index (χ2n) is 2.49. The Hall–Kier alpha value is 0.0700. The Labute approximate surface area is 91.3 Å². The summed E-state index contributed by atoms with van der Waals surface area (Å²) in [5.74, 6) is 0. The largest absolute Gasteiger partial charge is 0.570 e. The van der Waals surface area contributed by atoms with Crippen LogP contribution in [0.2, 0.25) is 0 Å². The molecule has 0 aromatic heterocycles. The molecule has 0 bridgehead atoms. The summed E-state index contributed by atoms with van der Waals surface area (Å²) < 4.78 is 2.34. The quantitative estimate of drug-likeness (QED) is 0.572. The monoisotopic (exact) mass is 257 g/mol. The van der Waals surface area contributed by atoms with E-state index >= 15 is 0 Å². The third-order valence-corrected chi connectivity index (χ3v) is 2.67. The van der Waals surface area contributed by atoms with Gasteiger partial charge in [0.05, 0.1) is 0 Å². The lowest BCUT2D eigenvalue weighted by atomic mass is 10.2. The van der Waals surface area contributed by atoms with Gasteiger partial charge in [0, 0.05) is 5.56 Å². The zero-order chi connectivity index (χ0) is 10.8. The average Bonchev–Trinajstić information content (AvgIpc) is 2.01. The number of benzene rings is 1. The fourth-order valence-corrected chi connectivity index (χ4v) is 2.06. The number of hydrogen-bond acceptors (Lipinski definition) is 4. The van der Waals surface area contributed by atoms with Gasteiger partial charge in [-0.1, -0.05) is 53.5 Å². The Balaban J connectivity index is 2.86. The van der Waals surface area contributed by atoms with Gasteiger partial charge in [0.2, 0.25) is 0 Å². The van der Waals surface area contributed by atoms with Crippen LogP contribution in [0.3, 0.4) is 0 Å². The molecule has 3 N–H and O–H groups in total. The highest BCUT2D eigenvalue weighted by molar-refractivity contribution is 7.53. The van der Waals surface area contributed by atoms with E-state index < -0.39 is 12.7 Å². The van der Waals surface area contributed by atoms with Crippen LogP contribution in [0.5, 0.6) is 0 Å². The molecule has 0 unspecified atom stereocenters. The first-order valence-electron chi connectivity index (χ1n) is 3.53. The molecular weight excluding hydrogens is 250 g/mol. The summed E-state index contributed by atoms with van der Waals surface area (Å²) in [4.78, 5) is 25.9. The van der Waals surface area contributed by atoms with Gasteiger partial charge in [-0.05, 0) is 0 Å². The lowest BCUT2D eigenvalue weighted by Gasteiger charge is -2.17. The highest BCUT2D eigenvalue weighted by Gasteiger charge is 2.46. The molecule has 0 amide bonds. The molecule has 78 valence electrons. The van der Waals surface area contributed by atoms with Crippen LogP contribution in [-0.4, -0.2) is 14.7 Å². The molecule has 0 aliphatic carbocycles. The van der Waals surface area contributed by atoms with E-state index in [0.717, 1.165) is 0 Å². The SMILES string of the molecule is O[P+](O)(O)OC(Cl)(Cl)c1ccccc1. The van der Waals surface area contributed by atoms with Crippen molar-refractivity contribution in [3.8, 4) is 0 Å². The minimum atomic E-state index is -4.47. The average molecular weight is 258 g/mol. The first-order valence-corrected chi connectivity index (χ1v) is 5.85. The van der Waals surface area contributed by atoms with Gasteiger partial charge in [-0.15, -0.1) is 4.52 Å². The summed E-state index contributed by atoms with van der Waals surface area (Å²) in [6.07, 6.45) is 0. The first kappa shape index (κ1) is 12.1. The highest BCUT2D eigenvalue weighted by Crippen LogP contribution is 2.55. The predicted octanol–water partition coefficient (Wildman–Crippen LogP) is 1.95. The summed E-state index contributed by atoms with van der Waals surface area (Å²) in [6.45, 7) is 0. The summed E-state index contributed by atoms with van der Waals surface area (Å²) in [6, 6.07) is 8.06. The van der Waals surface area contributed by atoms with E-state index in [0.29, 0.717) is 5.56 Å². The summed E-state index contributed by atoms with van der Waals surface area (Å²) in [7, 11) is -4.47. The molecule has 14 heavy (non-hydrogen) atoms. The molecule has 0 saturated carbocycles. The second-order valence-corrected chi connectivity index (χ2v) is 4.95. The van der Waals surface area contributed by atoms with E-state index in [-0.39, 0.29) is 0 Å². The number of hydrogen-bond donors (Lipinski definition) is 3. The van der Waals surface area contributed by atoms with Crippen LogP contribution in [0, 0.1) is 0 Å². The van der Waals surface area contributed by atoms with Crippen LogP contribution in [-0.2, 0) is 9.04 Å². The summed E-state index contributed by atoms with van der Waals surface area (Å²) in [5.41, 5.74) is 0.296. The van der Waals surface area contributed by atoms with Gasteiger partial charge in [0.25, 0.3) is 4.52 Å². The second kappa shape index (κ2) is 4.29. The first-order chi connectivity index (χ1) is 6.31. The van der Waals surface area contributed by atoms with Crippen LogP contribution < -0.4 is 0 Å². The van der Waals surface area contributed by atoms with Crippen molar-refractivity contribution in [1.82, 2.24) is 0 Å². The molecule has 0 heterocycles. The van der Waals surface area contributed by atoms with Gasteiger partial charge in [0.1, 0.15) is 0 Å². The van der Waals surface area contributed by atoms with Crippen molar-refractivity contribution < 1.29 is 19.2 Å².